The molecule has 1 aromatic carbocycles. The van der Waals surface area contributed by atoms with Crippen LogP contribution in [0.25, 0.3) is 0 Å². The van der Waals surface area contributed by atoms with Crippen LogP contribution in [0, 0.1) is 12.7 Å². The molecule has 0 saturated carbocycles. The summed E-state index contributed by atoms with van der Waals surface area (Å²) < 4.78 is 18.5. The van der Waals surface area contributed by atoms with Crippen LogP contribution >= 0.6 is 0 Å². The number of hydrogen-bond donors (Lipinski definition) is 2. The monoisotopic (exact) mass is 266 g/mol. The highest BCUT2D eigenvalue weighted by Crippen LogP contribution is 2.17. The summed E-state index contributed by atoms with van der Waals surface area (Å²) in [4.78, 5) is 0. The third kappa shape index (κ3) is 5.51. The number of benzene rings is 1. The third-order valence-electron chi connectivity index (χ3n) is 2.83. The van der Waals surface area contributed by atoms with E-state index in [-0.39, 0.29) is 11.9 Å². The van der Waals surface area contributed by atoms with Gasteiger partial charge in [-0.05, 0) is 37.1 Å². The van der Waals surface area contributed by atoms with Gasteiger partial charge in [0.15, 0.2) is 0 Å². The van der Waals surface area contributed by atoms with Crippen LogP contribution in [0.4, 0.5) is 4.39 Å². The fourth-order valence-corrected chi connectivity index (χ4v) is 1.90. The van der Waals surface area contributed by atoms with E-state index in [9.17, 15) is 4.39 Å². The number of nitrogens with two attached hydrogens (primary N) is 1. The lowest BCUT2D eigenvalue weighted by atomic mass is 10.0. The van der Waals surface area contributed by atoms with Crippen molar-refractivity contribution < 1.29 is 9.13 Å². The maximum absolute atomic E-state index is 13.1. The van der Waals surface area contributed by atoms with Crippen molar-refractivity contribution in [1.82, 2.24) is 5.32 Å². The summed E-state index contributed by atoms with van der Waals surface area (Å²) >= 11 is 0. The summed E-state index contributed by atoms with van der Waals surface area (Å²) in [5, 5.41) is 3.32. The number of nitrogens with one attached hydrogen (secondary N) is 1. The molecule has 0 bridgehead atoms. The first-order valence-corrected chi connectivity index (χ1v) is 6.46. The summed E-state index contributed by atoms with van der Waals surface area (Å²) in [5.74, 6) is -0.221. The smallest absolute Gasteiger partial charge is 0.123 e. The van der Waals surface area contributed by atoms with Gasteiger partial charge in [-0.25, -0.2) is 4.39 Å². The number of ether oxygens (including phenoxy) is 1. The number of halogens is 1. The summed E-state index contributed by atoms with van der Waals surface area (Å²) in [6.07, 6.45) is 0. The predicted octanol–water partition coefficient (Wildman–Crippen LogP) is 2.32. The van der Waals surface area contributed by atoms with Gasteiger partial charge in [-0.15, -0.1) is 0 Å². The molecule has 0 heterocycles. The molecular weight excluding hydrogens is 243 g/mol. The first-order valence-electron chi connectivity index (χ1n) is 6.46. The van der Waals surface area contributed by atoms with E-state index in [1.165, 1.54) is 12.1 Å². The van der Waals surface area contributed by atoms with Crippen LogP contribution in [-0.2, 0) is 4.74 Å². The molecule has 1 unspecified atom stereocenters. The Hall–Kier alpha value is -1.23. The Labute approximate surface area is 114 Å². The van der Waals surface area contributed by atoms with E-state index in [0.29, 0.717) is 26.3 Å². The topological polar surface area (TPSA) is 47.3 Å². The van der Waals surface area contributed by atoms with Crippen molar-refractivity contribution in [3.05, 3.63) is 47.3 Å². The largest absolute Gasteiger partial charge is 0.376 e. The number of rotatable bonds is 8. The van der Waals surface area contributed by atoms with Crippen molar-refractivity contribution in [1.29, 1.82) is 0 Å². The van der Waals surface area contributed by atoms with Gasteiger partial charge in [0, 0.05) is 19.1 Å². The van der Waals surface area contributed by atoms with Crippen LogP contribution in [-0.4, -0.2) is 26.3 Å². The average Bonchev–Trinajstić information content (AvgIpc) is 2.34. The van der Waals surface area contributed by atoms with Gasteiger partial charge in [0.05, 0.1) is 13.2 Å². The van der Waals surface area contributed by atoms with Gasteiger partial charge in [-0.1, -0.05) is 18.2 Å². The molecule has 0 aromatic heterocycles. The summed E-state index contributed by atoms with van der Waals surface area (Å²) in [7, 11) is 0. The van der Waals surface area contributed by atoms with Crippen molar-refractivity contribution in [2.45, 2.75) is 19.9 Å². The second kappa shape index (κ2) is 8.04. The normalized spacial score (nSPS) is 12.4. The van der Waals surface area contributed by atoms with Gasteiger partial charge in [0.2, 0.25) is 0 Å². The molecule has 1 rings (SSSR count). The van der Waals surface area contributed by atoms with Crippen LogP contribution in [0.3, 0.4) is 0 Å². The highest BCUT2D eigenvalue weighted by molar-refractivity contribution is 5.29. The van der Waals surface area contributed by atoms with Crippen LogP contribution < -0.4 is 11.1 Å². The van der Waals surface area contributed by atoms with E-state index in [1.807, 2.05) is 13.8 Å². The fourth-order valence-electron chi connectivity index (χ4n) is 1.90. The highest BCUT2D eigenvalue weighted by atomic mass is 19.1. The van der Waals surface area contributed by atoms with Gasteiger partial charge < -0.3 is 15.8 Å². The molecule has 19 heavy (non-hydrogen) atoms. The van der Waals surface area contributed by atoms with E-state index in [0.717, 1.165) is 16.7 Å². The van der Waals surface area contributed by atoms with E-state index in [2.05, 4.69) is 11.9 Å². The third-order valence-corrected chi connectivity index (χ3v) is 2.83. The average molecular weight is 266 g/mol. The standard InChI is InChI=1S/C15H23FN2O/c1-11(2)10-19-7-6-18-15(9-17)14-5-4-13(16)8-12(14)3/h4-5,8,15,18H,1,6-7,9-10,17H2,2-3H3. The first kappa shape index (κ1) is 15.8. The van der Waals surface area contributed by atoms with Gasteiger partial charge >= 0.3 is 0 Å². The summed E-state index contributed by atoms with van der Waals surface area (Å²) in [6, 6.07) is 4.79. The lowest BCUT2D eigenvalue weighted by Gasteiger charge is -2.19. The fraction of sp³-hybridized carbons (Fsp3) is 0.467. The molecule has 1 atom stereocenters. The van der Waals surface area contributed by atoms with Crippen LogP contribution in [0.2, 0.25) is 0 Å². The molecule has 0 radical (unpaired) electrons. The highest BCUT2D eigenvalue weighted by Gasteiger charge is 2.11. The zero-order valence-electron chi connectivity index (χ0n) is 11.7. The van der Waals surface area contributed by atoms with Crippen LogP contribution in [0.5, 0.6) is 0 Å². The zero-order valence-corrected chi connectivity index (χ0v) is 11.7. The molecule has 106 valence electrons. The lowest BCUT2D eigenvalue weighted by Crippen LogP contribution is -2.31. The molecule has 0 spiro atoms. The van der Waals surface area contributed by atoms with Crippen LogP contribution in [0.1, 0.15) is 24.1 Å². The van der Waals surface area contributed by atoms with Crippen molar-refractivity contribution in [3.8, 4) is 0 Å². The molecular formula is C15H23FN2O. The van der Waals surface area contributed by atoms with E-state index < -0.39 is 0 Å². The first-order chi connectivity index (χ1) is 9.04. The van der Waals surface area contributed by atoms with Gasteiger partial charge in [-0.2, -0.15) is 0 Å². The van der Waals surface area contributed by atoms with Crippen molar-refractivity contribution in [3.63, 3.8) is 0 Å². The SMILES string of the molecule is C=C(C)COCCNC(CN)c1ccc(F)cc1C. The zero-order chi connectivity index (χ0) is 14.3. The molecule has 1 aromatic rings. The Morgan fingerprint density at radius 3 is 2.84 bits per heavy atom. The Balaban J connectivity index is 2.47. The molecule has 0 saturated heterocycles. The van der Waals surface area contributed by atoms with Gasteiger partial charge in [0.1, 0.15) is 5.82 Å². The molecule has 0 aliphatic rings. The Kier molecular flexibility index (Phi) is 6.70. The van der Waals surface area contributed by atoms with Crippen LogP contribution in [0.15, 0.2) is 30.4 Å². The molecule has 0 aliphatic carbocycles. The second-order valence-corrected chi connectivity index (χ2v) is 4.75. The Bertz CT molecular complexity index is 421. The van der Waals surface area contributed by atoms with E-state index in [4.69, 9.17) is 10.5 Å². The molecule has 0 amide bonds. The minimum absolute atomic E-state index is 0.0222. The molecule has 0 aliphatic heterocycles. The molecule has 3 N–H and O–H groups in total. The molecule has 3 nitrogen and oxygen atoms in total. The lowest BCUT2D eigenvalue weighted by molar-refractivity contribution is 0.155. The Morgan fingerprint density at radius 1 is 1.53 bits per heavy atom. The minimum Gasteiger partial charge on any atom is -0.376 e. The van der Waals surface area contributed by atoms with Crippen molar-refractivity contribution >= 4 is 0 Å². The van der Waals surface area contributed by atoms with Gasteiger partial charge in [0.25, 0.3) is 0 Å². The van der Waals surface area contributed by atoms with E-state index >= 15 is 0 Å². The predicted molar refractivity (Wildman–Crippen MR) is 76.6 cm³/mol. The van der Waals surface area contributed by atoms with Crippen molar-refractivity contribution in [2.75, 3.05) is 26.3 Å². The molecule has 4 heteroatoms. The number of hydrogen-bond acceptors (Lipinski definition) is 3. The quantitative estimate of drug-likeness (QED) is 0.561. The summed E-state index contributed by atoms with van der Waals surface area (Å²) in [6.45, 7) is 9.93. The molecule has 0 fully saturated rings. The maximum atomic E-state index is 13.1. The maximum Gasteiger partial charge on any atom is 0.123 e. The minimum atomic E-state index is -0.221. The Morgan fingerprint density at radius 2 is 2.26 bits per heavy atom. The number of aryl methyl sites for hydroxylation is 1. The second-order valence-electron chi connectivity index (χ2n) is 4.75. The van der Waals surface area contributed by atoms with Gasteiger partial charge in [-0.3, -0.25) is 0 Å². The van der Waals surface area contributed by atoms with Crippen molar-refractivity contribution in [2.24, 2.45) is 5.73 Å². The van der Waals surface area contributed by atoms with E-state index in [1.54, 1.807) is 6.07 Å². The summed E-state index contributed by atoms with van der Waals surface area (Å²) in [5.41, 5.74) is 8.71.